The third-order valence-corrected chi connectivity index (χ3v) is 11.4. The highest BCUT2D eigenvalue weighted by Crippen LogP contribution is 2.58. The highest BCUT2D eigenvalue weighted by molar-refractivity contribution is 6.21. The van der Waals surface area contributed by atoms with Crippen molar-refractivity contribution in [2.24, 2.45) is 0 Å². The maximum Gasteiger partial charge on any atom is 0.136 e. The van der Waals surface area contributed by atoms with Crippen molar-refractivity contribution in [2.45, 2.75) is 38.5 Å². The van der Waals surface area contributed by atoms with Gasteiger partial charge in [0.1, 0.15) is 22.3 Å². The lowest BCUT2D eigenvalue weighted by Crippen LogP contribution is -2.17. The standard InChI is InChI=1S/C44H30O2/c1-43(2)33-17-28-30-22-40-32(42-26-12-8-6-10-24(26)14-16-38(42)46-40)20-36(30)44(3,4)34(28)18-27(33)29-21-39-31(19-35(29)43)41-25-11-7-5-9-23(25)13-15-37(41)45-39/h5-22H,1-4H3. The Morgan fingerprint density at radius 3 is 1.22 bits per heavy atom. The summed E-state index contributed by atoms with van der Waals surface area (Å²) in [5.41, 5.74) is 14.2. The summed E-state index contributed by atoms with van der Waals surface area (Å²) in [6.45, 7) is 9.52. The molecule has 9 aromatic rings. The van der Waals surface area contributed by atoms with Gasteiger partial charge in [0.05, 0.1) is 0 Å². The van der Waals surface area contributed by atoms with Gasteiger partial charge in [-0.3, -0.25) is 0 Å². The van der Waals surface area contributed by atoms with E-state index in [1.54, 1.807) is 0 Å². The lowest BCUT2D eigenvalue weighted by atomic mass is 9.79. The van der Waals surface area contributed by atoms with Crippen LogP contribution in [0.15, 0.2) is 118 Å². The number of furan rings is 2. The lowest BCUT2D eigenvalue weighted by Gasteiger charge is -2.24. The Kier molecular flexibility index (Phi) is 4.28. The molecule has 0 atom stereocenters. The van der Waals surface area contributed by atoms with E-state index in [-0.39, 0.29) is 10.8 Å². The highest BCUT2D eigenvalue weighted by atomic mass is 16.3. The van der Waals surface area contributed by atoms with Crippen molar-refractivity contribution in [1.82, 2.24) is 0 Å². The van der Waals surface area contributed by atoms with E-state index in [4.69, 9.17) is 8.83 Å². The summed E-state index contributed by atoms with van der Waals surface area (Å²) in [5, 5.41) is 9.79. The molecule has 0 N–H and O–H groups in total. The van der Waals surface area contributed by atoms with E-state index < -0.39 is 0 Å². The first kappa shape index (κ1) is 24.9. The summed E-state index contributed by atoms with van der Waals surface area (Å²) in [6.07, 6.45) is 0. The largest absolute Gasteiger partial charge is 0.456 e. The molecular weight excluding hydrogens is 560 g/mol. The van der Waals surface area contributed by atoms with Crippen molar-refractivity contribution in [2.75, 3.05) is 0 Å². The van der Waals surface area contributed by atoms with Gasteiger partial charge in [0.2, 0.25) is 0 Å². The van der Waals surface area contributed by atoms with E-state index in [1.165, 1.54) is 87.6 Å². The van der Waals surface area contributed by atoms with Crippen molar-refractivity contribution >= 4 is 65.4 Å². The van der Waals surface area contributed by atoms with Crippen molar-refractivity contribution in [3.8, 4) is 22.3 Å². The normalized spacial score (nSPS) is 15.7. The number of benzene rings is 7. The van der Waals surface area contributed by atoms with Gasteiger partial charge in [-0.1, -0.05) is 88.4 Å². The summed E-state index contributed by atoms with van der Waals surface area (Å²) in [5.74, 6) is 0. The van der Waals surface area contributed by atoms with Crippen LogP contribution < -0.4 is 0 Å². The first-order valence-corrected chi connectivity index (χ1v) is 16.3. The molecule has 2 aliphatic carbocycles. The molecular formula is C44H30O2. The molecule has 2 aliphatic rings. The van der Waals surface area contributed by atoms with Crippen LogP contribution in [0.2, 0.25) is 0 Å². The minimum Gasteiger partial charge on any atom is -0.456 e. The lowest BCUT2D eigenvalue weighted by molar-refractivity contribution is 0.651. The second-order valence-electron chi connectivity index (χ2n) is 14.5. The number of hydrogen-bond acceptors (Lipinski definition) is 2. The zero-order valence-electron chi connectivity index (χ0n) is 26.2. The maximum atomic E-state index is 6.54. The fraction of sp³-hybridized carbons (Fsp3) is 0.136. The molecule has 2 heteroatoms. The van der Waals surface area contributed by atoms with E-state index in [0.717, 1.165) is 22.3 Å². The van der Waals surface area contributed by atoms with Gasteiger partial charge in [0.25, 0.3) is 0 Å². The quantitative estimate of drug-likeness (QED) is 0.176. The van der Waals surface area contributed by atoms with E-state index in [0.29, 0.717) is 0 Å². The molecule has 0 saturated carbocycles. The van der Waals surface area contributed by atoms with Gasteiger partial charge in [-0.25, -0.2) is 0 Å². The Hall–Kier alpha value is -5.34. The zero-order valence-corrected chi connectivity index (χ0v) is 26.2. The molecule has 0 radical (unpaired) electrons. The smallest absolute Gasteiger partial charge is 0.136 e. The van der Waals surface area contributed by atoms with Crippen LogP contribution in [-0.4, -0.2) is 0 Å². The molecule has 0 amide bonds. The van der Waals surface area contributed by atoms with Crippen molar-refractivity contribution in [3.63, 3.8) is 0 Å². The van der Waals surface area contributed by atoms with E-state index in [9.17, 15) is 0 Å². The number of fused-ring (bicyclic) bond motifs is 16. The van der Waals surface area contributed by atoms with Crippen molar-refractivity contribution in [1.29, 1.82) is 0 Å². The van der Waals surface area contributed by atoms with E-state index in [2.05, 4.69) is 137 Å². The molecule has 11 rings (SSSR count). The fourth-order valence-corrected chi connectivity index (χ4v) is 9.03. The molecule has 2 heterocycles. The minimum atomic E-state index is -0.155. The molecule has 7 aromatic carbocycles. The predicted octanol–water partition coefficient (Wildman–Crippen LogP) is 12.4. The summed E-state index contributed by atoms with van der Waals surface area (Å²) in [7, 11) is 0. The minimum absolute atomic E-state index is 0.155. The molecule has 46 heavy (non-hydrogen) atoms. The van der Waals surface area contributed by atoms with Gasteiger partial charge in [-0.2, -0.15) is 0 Å². The fourth-order valence-electron chi connectivity index (χ4n) is 9.03. The number of hydrogen-bond donors (Lipinski definition) is 0. The SMILES string of the molecule is CC1(C)c2cc3c(cc2-c2cc4oc5ccc6ccccc6c5c4cc21)C(C)(C)c1cc2c(cc1-3)oc1ccc3ccccc3c12. The van der Waals surface area contributed by atoms with Gasteiger partial charge in [0, 0.05) is 32.4 Å². The molecule has 0 unspecified atom stereocenters. The Balaban J connectivity index is 1.16. The molecule has 0 aliphatic heterocycles. The third-order valence-electron chi connectivity index (χ3n) is 11.4. The Morgan fingerprint density at radius 2 is 0.761 bits per heavy atom. The summed E-state index contributed by atoms with van der Waals surface area (Å²) < 4.78 is 13.1. The molecule has 2 aromatic heterocycles. The van der Waals surface area contributed by atoms with Crippen LogP contribution in [-0.2, 0) is 10.8 Å². The van der Waals surface area contributed by atoms with Gasteiger partial charge < -0.3 is 8.83 Å². The second kappa shape index (κ2) is 7.89. The third kappa shape index (κ3) is 2.85. The second-order valence-corrected chi connectivity index (χ2v) is 14.5. The topological polar surface area (TPSA) is 26.3 Å². The molecule has 0 bridgehead atoms. The van der Waals surface area contributed by atoms with Crippen LogP contribution in [0.1, 0.15) is 49.9 Å². The summed E-state index contributed by atoms with van der Waals surface area (Å²) in [4.78, 5) is 0. The highest BCUT2D eigenvalue weighted by Gasteiger charge is 2.42. The van der Waals surface area contributed by atoms with Gasteiger partial charge in [-0.15, -0.1) is 0 Å². The van der Waals surface area contributed by atoms with Crippen LogP contribution in [0.25, 0.3) is 87.7 Å². The van der Waals surface area contributed by atoms with Gasteiger partial charge in [0.15, 0.2) is 0 Å². The van der Waals surface area contributed by atoms with Gasteiger partial charge >= 0.3 is 0 Å². The first-order valence-electron chi connectivity index (χ1n) is 16.3. The first-order chi connectivity index (χ1) is 22.3. The molecule has 2 nitrogen and oxygen atoms in total. The van der Waals surface area contributed by atoms with Crippen molar-refractivity contribution < 1.29 is 8.83 Å². The van der Waals surface area contributed by atoms with Crippen LogP contribution >= 0.6 is 0 Å². The molecule has 0 spiro atoms. The molecule has 0 fully saturated rings. The molecule has 0 saturated heterocycles. The van der Waals surface area contributed by atoms with E-state index in [1.807, 2.05) is 0 Å². The Labute approximate surface area is 265 Å². The Bertz CT molecular complexity index is 2660. The van der Waals surface area contributed by atoms with E-state index >= 15 is 0 Å². The summed E-state index contributed by atoms with van der Waals surface area (Å²) >= 11 is 0. The van der Waals surface area contributed by atoms with Crippen LogP contribution in [0.4, 0.5) is 0 Å². The zero-order chi connectivity index (χ0) is 30.7. The van der Waals surface area contributed by atoms with Crippen LogP contribution in [0.5, 0.6) is 0 Å². The molecule has 218 valence electrons. The number of rotatable bonds is 0. The monoisotopic (exact) mass is 590 g/mol. The van der Waals surface area contributed by atoms with Gasteiger partial charge in [-0.05, 0) is 115 Å². The maximum absolute atomic E-state index is 6.54. The summed E-state index contributed by atoms with van der Waals surface area (Å²) in [6, 6.07) is 40.2. The average Bonchev–Trinajstić information content (AvgIpc) is 3.75. The Morgan fingerprint density at radius 1 is 0.370 bits per heavy atom. The average molecular weight is 591 g/mol. The predicted molar refractivity (Wildman–Crippen MR) is 191 cm³/mol. The van der Waals surface area contributed by atoms with Crippen LogP contribution in [0.3, 0.4) is 0 Å². The van der Waals surface area contributed by atoms with Crippen molar-refractivity contribution in [3.05, 3.63) is 131 Å². The van der Waals surface area contributed by atoms with Crippen LogP contribution in [0, 0.1) is 0 Å².